The highest BCUT2D eigenvalue weighted by Gasteiger charge is 2.50. The third-order valence-electron chi connectivity index (χ3n) is 5.01. The van der Waals surface area contributed by atoms with Crippen molar-refractivity contribution in [1.29, 1.82) is 0 Å². The van der Waals surface area contributed by atoms with Crippen LogP contribution < -0.4 is 15.8 Å². The van der Waals surface area contributed by atoms with E-state index in [4.69, 9.17) is 10.5 Å². The van der Waals surface area contributed by atoms with Crippen LogP contribution in [0.5, 0.6) is 5.75 Å². The van der Waals surface area contributed by atoms with Gasteiger partial charge in [0.1, 0.15) is 5.75 Å². The van der Waals surface area contributed by atoms with Crippen molar-refractivity contribution in [3.63, 3.8) is 0 Å². The highest BCUT2D eigenvalue weighted by Crippen LogP contribution is 2.32. The Morgan fingerprint density at radius 3 is 2.61 bits per heavy atom. The topological polar surface area (TPSA) is 97.0 Å². The van der Waals surface area contributed by atoms with Crippen molar-refractivity contribution in [2.45, 2.75) is 30.8 Å². The minimum Gasteiger partial charge on any atom is -0.493 e. The molecule has 1 unspecified atom stereocenters. The summed E-state index contributed by atoms with van der Waals surface area (Å²) < 4.78 is 66.8. The maximum Gasteiger partial charge on any atom is 0.511 e. The second kappa shape index (κ2) is 8.16. The molecule has 0 bridgehead atoms. The van der Waals surface area contributed by atoms with Crippen LogP contribution >= 0.6 is 0 Å². The van der Waals surface area contributed by atoms with E-state index in [1.54, 1.807) is 0 Å². The van der Waals surface area contributed by atoms with Crippen LogP contribution in [0.25, 0.3) is 0 Å². The molecule has 1 fully saturated rings. The number of hydrogen-bond donors (Lipinski definition) is 2. The fourth-order valence-electron chi connectivity index (χ4n) is 3.42. The Bertz CT molecular complexity index is 821. The average Bonchev–Trinajstić information content (AvgIpc) is 2.66. The van der Waals surface area contributed by atoms with E-state index < -0.39 is 15.5 Å². The third kappa shape index (κ3) is 4.52. The van der Waals surface area contributed by atoms with Gasteiger partial charge in [-0.2, -0.15) is 17.5 Å². The number of para-hydroxylation sites is 1. The average molecular weight is 420 g/mol. The molecular formula is C17H23F3N4O3S. The summed E-state index contributed by atoms with van der Waals surface area (Å²) in [7, 11) is -5.25. The SMILES string of the molecule is NC(=NCC1CCN(S(=O)(=O)C(F)(F)F)CC1)NC1CCOc2ccccc21. The number of piperidine rings is 1. The molecule has 11 heteroatoms. The number of rotatable bonds is 4. The summed E-state index contributed by atoms with van der Waals surface area (Å²) in [5, 5.41) is 3.16. The fraction of sp³-hybridized carbons (Fsp3) is 0.588. The molecule has 1 atom stereocenters. The zero-order chi connectivity index (χ0) is 20.4. The lowest BCUT2D eigenvalue weighted by Crippen LogP contribution is -2.45. The van der Waals surface area contributed by atoms with E-state index in [1.807, 2.05) is 24.3 Å². The predicted molar refractivity (Wildman–Crippen MR) is 98.2 cm³/mol. The minimum atomic E-state index is -5.26. The normalized spacial score (nSPS) is 22.4. The van der Waals surface area contributed by atoms with Gasteiger partial charge in [-0.1, -0.05) is 18.2 Å². The van der Waals surface area contributed by atoms with Gasteiger partial charge >= 0.3 is 15.5 Å². The first-order chi connectivity index (χ1) is 13.2. The Hall–Kier alpha value is -2.01. The zero-order valence-corrected chi connectivity index (χ0v) is 16.0. The van der Waals surface area contributed by atoms with Gasteiger partial charge in [0.15, 0.2) is 5.96 Å². The lowest BCUT2D eigenvalue weighted by molar-refractivity contribution is -0.0496. The molecule has 3 N–H and O–H groups in total. The van der Waals surface area contributed by atoms with Crippen molar-refractivity contribution in [1.82, 2.24) is 9.62 Å². The van der Waals surface area contributed by atoms with Gasteiger partial charge in [-0.3, -0.25) is 4.99 Å². The van der Waals surface area contributed by atoms with Crippen LogP contribution in [-0.4, -0.2) is 50.4 Å². The molecule has 1 aromatic carbocycles. The maximum atomic E-state index is 12.6. The minimum absolute atomic E-state index is 0.0120. The summed E-state index contributed by atoms with van der Waals surface area (Å²) >= 11 is 0. The summed E-state index contributed by atoms with van der Waals surface area (Å²) in [5.41, 5.74) is 1.72. The highest BCUT2D eigenvalue weighted by atomic mass is 32.2. The Morgan fingerprint density at radius 1 is 1.25 bits per heavy atom. The summed E-state index contributed by atoms with van der Waals surface area (Å²) in [6.07, 6.45) is 1.36. The number of guanidine groups is 1. The number of nitrogens with one attached hydrogen (secondary N) is 1. The Morgan fingerprint density at radius 2 is 1.93 bits per heavy atom. The Kier molecular flexibility index (Phi) is 6.04. The van der Waals surface area contributed by atoms with Crippen LogP contribution in [-0.2, 0) is 10.0 Å². The molecule has 1 aromatic rings. The molecule has 7 nitrogen and oxygen atoms in total. The van der Waals surface area contributed by atoms with Crippen LogP contribution in [0, 0.1) is 5.92 Å². The second-order valence-electron chi connectivity index (χ2n) is 6.89. The van der Waals surface area contributed by atoms with Gasteiger partial charge in [-0.25, -0.2) is 8.42 Å². The number of aliphatic imine (C=N–C) groups is 1. The molecule has 0 aliphatic carbocycles. The van der Waals surface area contributed by atoms with Crippen molar-refractivity contribution in [2.24, 2.45) is 16.6 Å². The molecule has 2 aliphatic heterocycles. The van der Waals surface area contributed by atoms with Crippen molar-refractivity contribution in [3.8, 4) is 5.75 Å². The summed E-state index contributed by atoms with van der Waals surface area (Å²) in [4.78, 5) is 4.30. The van der Waals surface area contributed by atoms with E-state index in [0.717, 1.165) is 17.7 Å². The molecule has 1 saturated heterocycles. The number of benzene rings is 1. The zero-order valence-electron chi connectivity index (χ0n) is 15.2. The first kappa shape index (κ1) is 20.7. The third-order valence-corrected chi connectivity index (χ3v) is 6.64. The quantitative estimate of drug-likeness (QED) is 0.574. The molecule has 0 aromatic heterocycles. The van der Waals surface area contributed by atoms with Crippen LogP contribution in [0.15, 0.2) is 29.3 Å². The van der Waals surface area contributed by atoms with Gasteiger partial charge in [0.2, 0.25) is 0 Å². The van der Waals surface area contributed by atoms with E-state index in [0.29, 0.717) is 30.3 Å². The van der Waals surface area contributed by atoms with Gasteiger partial charge in [0, 0.05) is 31.6 Å². The van der Waals surface area contributed by atoms with E-state index in [1.165, 1.54) is 0 Å². The van der Waals surface area contributed by atoms with E-state index in [-0.39, 0.29) is 31.0 Å². The second-order valence-corrected chi connectivity index (χ2v) is 8.82. The molecule has 0 radical (unpaired) electrons. The first-order valence-corrected chi connectivity index (χ1v) is 10.5. The lowest BCUT2D eigenvalue weighted by Gasteiger charge is -2.31. The molecule has 2 aliphatic rings. The molecule has 28 heavy (non-hydrogen) atoms. The van der Waals surface area contributed by atoms with Gasteiger partial charge in [-0.15, -0.1) is 0 Å². The predicted octanol–water partition coefficient (Wildman–Crippen LogP) is 1.98. The molecular weight excluding hydrogens is 397 g/mol. The Balaban J connectivity index is 1.52. The molecule has 2 heterocycles. The van der Waals surface area contributed by atoms with Crippen molar-refractivity contribution in [3.05, 3.63) is 29.8 Å². The molecule has 0 saturated carbocycles. The standard InChI is InChI=1S/C17H23F3N4O3S/c18-17(19,20)28(25,26)24-8-5-12(6-9-24)11-22-16(21)23-14-7-10-27-15-4-2-1-3-13(14)15/h1-4,12,14H,5-11H2,(H3,21,22,23). The van der Waals surface area contributed by atoms with Crippen molar-refractivity contribution < 1.29 is 26.3 Å². The number of hydrogen-bond acceptors (Lipinski definition) is 4. The van der Waals surface area contributed by atoms with Gasteiger partial charge in [0.25, 0.3) is 0 Å². The lowest BCUT2D eigenvalue weighted by atomic mass is 9.98. The molecule has 156 valence electrons. The maximum absolute atomic E-state index is 12.6. The fourth-order valence-corrected chi connectivity index (χ4v) is 4.41. The number of sulfonamides is 1. The van der Waals surface area contributed by atoms with Gasteiger partial charge in [0.05, 0.1) is 12.6 Å². The number of alkyl halides is 3. The molecule has 0 spiro atoms. The van der Waals surface area contributed by atoms with E-state index in [9.17, 15) is 21.6 Å². The number of nitrogens with two attached hydrogens (primary N) is 1. The van der Waals surface area contributed by atoms with Crippen molar-refractivity contribution in [2.75, 3.05) is 26.2 Å². The summed E-state index contributed by atoms with van der Waals surface area (Å²) in [6, 6.07) is 7.63. The summed E-state index contributed by atoms with van der Waals surface area (Å²) in [5.74, 6) is 1.05. The highest BCUT2D eigenvalue weighted by molar-refractivity contribution is 7.90. The van der Waals surface area contributed by atoms with Gasteiger partial charge < -0.3 is 15.8 Å². The number of halogens is 3. The van der Waals surface area contributed by atoms with Crippen LogP contribution in [0.2, 0.25) is 0 Å². The van der Waals surface area contributed by atoms with Crippen LogP contribution in [0.4, 0.5) is 13.2 Å². The number of nitrogens with zero attached hydrogens (tertiary/aromatic N) is 2. The first-order valence-electron chi connectivity index (χ1n) is 9.03. The monoisotopic (exact) mass is 420 g/mol. The number of fused-ring (bicyclic) bond motifs is 1. The Labute approximate surface area is 161 Å². The summed E-state index contributed by atoms with van der Waals surface area (Å²) in [6.45, 7) is 0.573. The van der Waals surface area contributed by atoms with Crippen LogP contribution in [0.1, 0.15) is 30.9 Å². The molecule has 0 amide bonds. The van der Waals surface area contributed by atoms with E-state index in [2.05, 4.69) is 10.3 Å². The van der Waals surface area contributed by atoms with Crippen molar-refractivity contribution >= 4 is 16.0 Å². The molecule has 3 rings (SSSR count). The largest absolute Gasteiger partial charge is 0.511 e. The van der Waals surface area contributed by atoms with Crippen LogP contribution in [0.3, 0.4) is 0 Å². The van der Waals surface area contributed by atoms with E-state index >= 15 is 0 Å². The number of ether oxygens (including phenoxy) is 1. The van der Waals surface area contributed by atoms with Gasteiger partial charge in [-0.05, 0) is 24.8 Å². The smallest absolute Gasteiger partial charge is 0.493 e.